The van der Waals surface area contributed by atoms with Crippen LogP contribution in [0.1, 0.15) is 90.4 Å². The number of unbranched alkanes of at least 4 members (excludes halogenated alkanes) is 6. The normalized spacial score (nSPS) is 21.3. The highest BCUT2D eigenvalue weighted by Gasteiger charge is 2.25. The highest BCUT2D eigenvalue weighted by atomic mass is 33.1. The fourth-order valence-electron chi connectivity index (χ4n) is 3.72. The zero-order valence-corrected chi connectivity index (χ0v) is 15.9. The largest absolute Gasteiger partial charge is 0.473 e. The Balaban J connectivity index is 1.99. The number of hydrogen-bond donors (Lipinski definition) is 1. The van der Waals surface area contributed by atoms with Gasteiger partial charge in [0.1, 0.15) is 0 Å². The fourth-order valence-corrected chi connectivity index (χ4v) is 5.13. The standard InChI is InChI=1S/C18H34O2S2/c1-2-3-4-5-6-7-11-16-13-10-14-17(16)12-8-9-15-21-22-18(19)20/h16-17H,2-15H2,1H3,(H,19,20)/t16-,17-/m0/s1. The minimum atomic E-state index is -0.764. The first kappa shape index (κ1) is 20.2. The molecule has 0 aromatic heterocycles. The van der Waals surface area contributed by atoms with Crippen LogP contribution in [0.2, 0.25) is 0 Å². The Morgan fingerprint density at radius 1 is 0.955 bits per heavy atom. The Hall–Kier alpha value is 0.170. The number of carbonyl (C=O) groups is 1. The molecule has 2 nitrogen and oxygen atoms in total. The van der Waals surface area contributed by atoms with Crippen LogP contribution in [0.25, 0.3) is 0 Å². The maximum atomic E-state index is 10.4. The van der Waals surface area contributed by atoms with E-state index in [1.54, 1.807) is 0 Å². The number of carboxylic acid groups (broad SMARTS) is 1. The summed E-state index contributed by atoms with van der Waals surface area (Å²) < 4.78 is 0. The Labute approximate surface area is 145 Å². The van der Waals surface area contributed by atoms with Crippen molar-refractivity contribution in [1.29, 1.82) is 0 Å². The van der Waals surface area contributed by atoms with Crippen molar-refractivity contribution in [2.24, 2.45) is 11.8 Å². The van der Waals surface area contributed by atoms with Crippen molar-refractivity contribution in [2.75, 3.05) is 5.75 Å². The molecule has 0 aromatic carbocycles. The third kappa shape index (κ3) is 10.0. The lowest BCUT2D eigenvalue weighted by Gasteiger charge is -2.19. The topological polar surface area (TPSA) is 37.3 Å². The highest BCUT2D eigenvalue weighted by Crippen LogP contribution is 2.38. The number of hydrogen-bond acceptors (Lipinski definition) is 3. The van der Waals surface area contributed by atoms with E-state index in [-0.39, 0.29) is 0 Å². The van der Waals surface area contributed by atoms with Crippen molar-refractivity contribution in [3.8, 4) is 0 Å². The smallest absolute Gasteiger partial charge is 0.375 e. The molecule has 0 aliphatic heterocycles. The number of rotatable bonds is 13. The van der Waals surface area contributed by atoms with E-state index in [2.05, 4.69) is 6.92 Å². The van der Waals surface area contributed by atoms with E-state index >= 15 is 0 Å². The zero-order chi connectivity index (χ0) is 16.0. The van der Waals surface area contributed by atoms with Crippen LogP contribution in [0.3, 0.4) is 0 Å². The van der Waals surface area contributed by atoms with E-state index in [4.69, 9.17) is 5.11 Å². The van der Waals surface area contributed by atoms with E-state index in [9.17, 15) is 4.79 Å². The maximum Gasteiger partial charge on any atom is 0.375 e. The predicted octanol–water partition coefficient (Wildman–Crippen LogP) is 7.38. The van der Waals surface area contributed by atoms with E-state index < -0.39 is 5.30 Å². The molecule has 0 radical (unpaired) electrons. The molecule has 1 aliphatic carbocycles. The van der Waals surface area contributed by atoms with Crippen molar-refractivity contribution in [2.45, 2.75) is 90.4 Å². The van der Waals surface area contributed by atoms with Gasteiger partial charge in [0, 0.05) is 16.5 Å². The van der Waals surface area contributed by atoms with Crippen LogP contribution >= 0.6 is 21.6 Å². The van der Waals surface area contributed by atoms with Gasteiger partial charge in [-0.3, -0.25) is 0 Å². The van der Waals surface area contributed by atoms with Crippen LogP contribution in [-0.2, 0) is 0 Å². The highest BCUT2D eigenvalue weighted by molar-refractivity contribution is 8.82. The van der Waals surface area contributed by atoms with Crippen LogP contribution in [0.4, 0.5) is 4.79 Å². The molecule has 0 unspecified atom stereocenters. The van der Waals surface area contributed by atoms with Gasteiger partial charge in [-0.15, -0.1) is 0 Å². The second-order valence-electron chi connectivity index (χ2n) is 6.67. The second kappa shape index (κ2) is 13.6. The SMILES string of the molecule is CCCCCCCC[C@H]1CCC[C@@H]1CCCCSSC(=O)O. The molecule has 0 amide bonds. The summed E-state index contributed by atoms with van der Waals surface area (Å²) in [5.74, 6) is 2.94. The quantitative estimate of drug-likeness (QED) is 0.279. The minimum Gasteiger partial charge on any atom is -0.473 e. The van der Waals surface area contributed by atoms with Crippen molar-refractivity contribution < 1.29 is 9.90 Å². The predicted molar refractivity (Wildman–Crippen MR) is 101 cm³/mol. The summed E-state index contributed by atoms with van der Waals surface area (Å²) in [5.41, 5.74) is 0. The summed E-state index contributed by atoms with van der Waals surface area (Å²) >= 11 is 0. The molecule has 0 aromatic rings. The molecule has 22 heavy (non-hydrogen) atoms. The van der Waals surface area contributed by atoms with Crippen molar-refractivity contribution in [3.63, 3.8) is 0 Å². The molecule has 0 heterocycles. The van der Waals surface area contributed by atoms with Gasteiger partial charge in [0.25, 0.3) is 0 Å². The van der Waals surface area contributed by atoms with Gasteiger partial charge < -0.3 is 5.11 Å². The molecule has 1 saturated carbocycles. The molecule has 0 spiro atoms. The molecule has 130 valence electrons. The molecule has 0 bridgehead atoms. The lowest BCUT2D eigenvalue weighted by molar-refractivity contribution is 0.222. The fraction of sp³-hybridized carbons (Fsp3) is 0.944. The van der Waals surface area contributed by atoms with Crippen LogP contribution < -0.4 is 0 Å². The molecule has 0 saturated heterocycles. The molecular weight excluding hydrogens is 312 g/mol. The van der Waals surface area contributed by atoms with Crippen molar-refractivity contribution >= 4 is 26.9 Å². The maximum absolute atomic E-state index is 10.4. The van der Waals surface area contributed by atoms with Gasteiger partial charge in [-0.25, -0.2) is 4.79 Å². The molecule has 2 atom stereocenters. The van der Waals surface area contributed by atoms with E-state index in [0.29, 0.717) is 0 Å². The van der Waals surface area contributed by atoms with Crippen LogP contribution in [0.5, 0.6) is 0 Å². The average molecular weight is 347 g/mol. The first-order chi connectivity index (χ1) is 10.7. The van der Waals surface area contributed by atoms with Gasteiger partial charge in [0.05, 0.1) is 0 Å². The van der Waals surface area contributed by atoms with Gasteiger partial charge in [-0.2, -0.15) is 0 Å². The minimum absolute atomic E-state index is 0.764. The second-order valence-corrected chi connectivity index (χ2v) is 9.04. The summed E-state index contributed by atoms with van der Waals surface area (Å²) in [5, 5.41) is 7.81. The van der Waals surface area contributed by atoms with Gasteiger partial charge >= 0.3 is 5.30 Å². The zero-order valence-electron chi connectivity index (χ0n) is 14.2. The van der Waals surface area contributed by atoms with Gasteiger partial charge in [-0.1, -0.05) is 94.8 Å². The summed E-state index contributed by atoms with van der Waals surface area (Å²) in [7, 11) is 2.45. The monoisotopic (exact) mass is 346 g/mol. The Morgan fingerprint density at radius 3 is 2.18 bits per heavy atom. The van der Waals surface area contributed by atoms with E-state index in [0.717, 1.165) is 28.4 Å². The van der Waals surface area contributed by atoms with Gasteiger partial charge in [0.2, 0.25) is 0 Å². The Bertz CT molecular complexity index is 284. The van der Waals surface area contributed by atoms with Crippen LogP contribution in [0.15, 0.2) is 0 Å². The molecule has 4 heteroatoms. The average Bonchev–Trinajstić information content (AvgIpc) is 2.93. The molecule has 1 aliphatic rings. The van der Waals surface area contributed by atoms with Crippen molar-refractivity contribution in [1.82, 2.24) is 0 Å². The lowest BCUT2D eigenvalue weighted by atomic mass is 9.87. The summed E-state index contributed by atoms with van der Waals surface area (Å²) in [4.78, 5) is 10.4. The summed E-state index contributed by atoms with van der Waals surface area (Å²) in [6.45, 7) is 2.28. The Kier molecular flexibility index (Phi) is 12.5. The molecule has 1 N–H and O–H groups in total. The van der Waals surface area contributed by atoms with Crippen LogP contribution in [0, 0.1) is 11.8 Å². The Morgan fingerprint density at radius 2 is 1.55 bits per heavy atom. The third-order valence-electron chi connectivity index (χ3n) is 4.93. The molecular formula is C18H34O2S2. The van der Waals surface area contributed by atoms with Gasteiger partial charge in [-0.05, 0) is 18.3 Å². The lowest BCUT2D eigenvalue weighted by Crippen LogP contribution is -2.08. The first-order valence-electron chi connectivity index (χ1n) is 9.26. The third-order valence-corrected chi connectivity index (χ3v) is 6.92. The summed E-state index contributed by atoms with van der Waals surface area (Å²) in [6.07, 6.45) is 18.1. The molecule has 1 rings (SSSR count). The van der Waals surface area contributed by atoms with Crippen LogP contribution in [-0.4, -0.2) is 16.2 Å². The van der Waals surface area contributed by atoms with E-state index in [1.165, 1.54) is 94.3 Å². The molecule has 1 fully saturated rings. The first-order valence-corrected chi connectivity index (χ1v) is 11.6. The van der Waals surface area contributed by atoms with Crippen molar-refractivity contribution in [3.05, 3.63) is 0 Å². The summed E-state index contributed by atoms with van der Waals surface area (Å²) in [6, 6.07) is 0. The van der Waals surface area contributed by atoms with E-state index in [1.807, 2.05) is 0 Å². The van der Waals surface area contributed by atoms with Gasteiger partial charge in [0.15, 0.2) is 0 Å².